The summed E-state index contributed by atoms with van der Waals surface area (Å²) in [5, 5.41) is 4.85. The van der Waals surface area contributed by atoms with Crippen LogP contribution < -0.4 is 14.8 Å². The number of nitrogens with one attached hydrogen (secondary N) is 2. The number of anilines is 1. The number of sulfonamides is 1. The number of carbonyl (C=O) groups excluding carboxylic acids is 1. The van der Waals surface area contributed by atoms with Gasteiger partial charge in [0.2, 0.25) is 0 Å². The predicted molar refractivity (Wildman–Crippen MR) is 110 cm³/mol. The zero-order valence-corrected chi connectivity index (χ0v) is 17.0. The number of benzene rings is 2. The van der Waals surface area contributed by atoms with E-state index in [0.717, 1.165) is 4.88 Å². The van der Waals surface area contributed by atoms with Crippen molar-refractivity contribution in [2.24, 2.45) is 0 Å². The number of ether oxygens (including phenoxy) is 1. The first kappa shape index (κ1) is 19.9. The molecule has 0 aliphatic rings. The lowest BCUT2D eigenvalue weighted by Gasteiger charge is -2.13. The lowest BCUT2D eigenvalue weighted by molar-refractivity contribution is 0.0940. The Balaban J connectivity index is 1.73. The van der Waals surface area contributed by atoms with Gasteiger partial charge in [-0.3, -0.25) is 9.52 Å². The molecule has 0 bridgehead atoms. The molecule has 2 N–H and O–H groups in total. The van der Waals surface area contributed by atoms with Crippen LogP contribution in [0.4, 0.5) is 5.69 Å². The highest BCUT2D eigenvalue weighted by molar-refractivity contribution is 7.92. The minimum Gasteiger partial charge on any atom is -0.495 e. The van der Waals surface area contributed by atoms with Gasteiger partial charge in [0, 0.05) is 10.4 Å². The number of hydrogen-bond acceptors (Lipinski definition) is 5. The van der Waals surface area contributed by atoms with E-state index < -0.39 is 10.0 Å². The Labute approximate surface area is 168 Å². The zero-order chi connectivity index (χ0) is 20.1. The molecule has 146 valence electrons. The fraction of sp³-hybridized carbons (Fsp3) is 0.150. The van der Waals surface area contributed by atoms with E-state index in [2.05, 4.69) is 10.0 Å². The molecule has 8 heteroatoms. The van der Waals surface area contributed by atoms with Gasteiger partial charge in [-0.1, -0.05) is 18.2 Å². The van der Waals surface area contributed by atoms with E-state index >= 15 is 0 Å². The van der Waals surface area contributed by atoms with Gasteiger partial charge < -0.3 is 10.1 Å². The van der Waals surface area contributed by atoms with Gasteiger partial charge in [0.15, 0.2) is 0 Å². The van der Waals surface area contributed by atoms with E-state index in [9.17, 15) is 13.2 Å². The van der Waals surface area contributed by atoms with Crippen molar-refractivity contribution in [3.63, 3.8) is 0 Å². The van der Waals surface area contributed by atoms with Crippen LogP contribution in [0.25, 0.3) is 0 Å². The monoisotopic (exact) mass is 416 g/mol. The van der Waals surface area contributed by atoms with E-state index in [0.29, 0.717) is 17.0 Å². The number of amides is 1. The molecular weight excluding hydrogens is 396 g/mol. The lowest BCUT2D eigenvalue weighted by Crippen LogP contribution is -2.26. The Morgan fingerprint density at radius 3 is 2.39 bits per heavy atom. The van der Waals surface area contributed by atoms with E-state index in [1.165, 1.54) is 31.4 Å². The third kappa shape index (κ3) is 4.52. The highest BCUT2D eigenvalue weighted by atomic mass is 32.2. The number of methoxy groups -OCH3 is 1. The van der Waals surface area contributed by atoms with Crippen LogP contribution in [0.2, 0.25) is 0 Å². The molecule has 1 heterocycles. The summed E-state index contributed by atoms with van der Waals surface area (Å²) < 4.78 is 32.9. The van der Waals surface area contributed by atoms with Gasteiger partial charge in [-0.15, -0.1) is 11.3 Å². The molecule has 0 spiro atoms. The van der Waals surface area contributed by atoms with Crippen LogP contribution in [0.15, 0.2) is 70.9 Å². The van der Waals surface area contributed by atoms with Gasteiger partial charge in [-0.2, -0.15) is 0 Å². The highest BCUT2D eigenvalue weighted by Crippen LogP contribution is 2.26. The smallest absolute Gasteiger partial charge is 0.262 e. The first-order valence-electron chi connectivity index (χ1n) is 8.51. The van der Waals surface area contributed by atoms with Crippen LogP contribution in [0.5, 0.6) is 5.75 Å². The molecule has 1 unspecified atom stereocenters. The van der Waals surface area contributed by atoms with Crippen molar-refractivity contribution in [2.45, 2.75) is 17.9 Å². The molecule has 3 rings (SSSR count). The average molecular weight is 417 g/mol. The molecule has 2 aromatic carbocycles. The minimum atomic E-state index is -3.81. The van der Waals surface area contributed by atoms with Gasteiger partial charge in [0.25, 0.3) is 15.9 Å². The van der Waals surface area contributed by atoms with Crippen molar-refractivity contribution < 1.29 is 17.9 Å². The summed E-state index contributed by atoms with van der Waals surface area (Å²) in [6.07, 6.45) is 0. The second kappa shape index (κ2) is 8.45. The Morgan fingerprint density at radius 1 is 1.04 bits per heavy atom. The van der Waals surface area contributed by atoms with Crippen molar-refractivity contribution in [1.29, 1.82) is 0 Å². The summed E-state index contributed by atoms with van der Waals surface area (Å²) in [7, 11) is -2.34. The second-order valence-corrected chi connectivity index (χ2v) is 8.70. The zero-order valence-electron chi connectivity index (χ0n) is 15.4. The van der Waals surface area contributed by atoms with Gasteiger partial charge in [-0.05, 0) is 54.8 Å². The number of rotatable bonds is 7. The van der Waals surface area contributed by atoms with E-state index in [4.69, 9.17) is 4.74 Å². The summed E-state index contributed by atoms with van der Waals surface area (Å²) in [5.74, 6) is 0.159. The Hall–Kier alpha value is -2.84. The summed E-state index contributed by atoms with van der Waals surface area (Å²) in [6, 6.07) is 16.3. The summed E-state index contributed by atoms with van der Waals surface area (Å²) >= 11 is 1.57. The van der Waals surface area contributed by atoms with E-state index in [-0.39, 0.29) is 16.8 Å². The van der Waals surface area contributed by atoms with Crippen molar-refractivity contribution in [3.05, 3.63) is 76.5 Å². The molecule has 1 aromatic heterocycles. The maximum atomic E-state index is 12.6. The number of para-hydroxylation sites is 2. The molecule has 3 aromatic rings. The Bertz CT molecular complexity index is 1050. The van der Waals surface area contributed by atoms with Gasteiger partial charge in [0.1, 0.15) is 5.75 Å². The maximum absolute atomic E-state index is 12.6. The lowest BCUT2D eigenvalue weighted by atomic mass is 10.2. The van der Waals surface area contributed by atoms with Crippen molar-refractivity contribution in [2.75, 3.05) is 11.8 Å². The molecule has 0 fully saturated rings. The number of thiophene rings is 1. The largest absolute Gasteiger partial charge is 0.495 e. The highest BCUT2D eigenvalue weighted by Gasteiger charge is 2.18. The number of hydrogen-bond donors (Lipinski definition) is 2. The summed E-state index contributed by atoms with van der Waals surface area (Å²) in [4.78, 5) is 13.5. The minimum absolute atomic E-state index is 0.0567. The quantitative estimate of drug-likeness (QED) is 0.609. The van der Waals surface area contributed by atoms with Gasteiger partial charge >= 0.3 is 0 Å². The van der Waals surface area contributed by atoms with Crippen LogP contribution in [-0.4, -0.2) is 21.4 Å². The molecular formula is C20H20N2O4S2. The Kier molecular flexibility index (Phi) is 6.01. The van der Waals surface area contributed by atoms with Gasteiger partial charge in [-0.25, -0.2) is 8.42 Å². The first-order valence-corrected chi connectivity index (χ1v) is 10.9. The van der Waals surface area contributed by atoms with Crippen LogP contribution >= 0.6 is 11.3 Å². The maximum Gasteiger partial charge on any atom is 0.262 e. The average Bonchev–Trinajstić information content (AvgIpc) is 3.23. The van der Waals surface area contributed by atoms with Crippen molar-refractivity contribution in [3.8, 4) is 5.75 Å². The molecule has 0 saturated carbocycles. The molecule has 0 radical (unpaired) electrons. The second-order valence-electron chi connectivity index (χ2n) is 6.04. The third-order valence-electron chi connectivity index (χ3n) is 4.10. The summed E-state index contributed by atoms with van der Waals surface area (Å²) in [6.45, 7) is 1.90. The summed E-state index contributed by atoms with van der Waals surface area (Å²) in [5.41, 5.74) is 0.733. The van der Waals surface area contributed by atoms with E-state index in [1.807, 2.05) is 24.4 Å². The molecule has 1 atom stereocenters. The first-order chi connectivity index (χ1) is 13.4. The molecule has 0 saturated heterocycles. The van der Waals surface area contributed by atoms with Crippen LogP contribution in [0.1, 0.15) is 28.2 Å². The molecule has 0 aliphatic heterocycles. The van der Waals surface area contributed by atoms with Crippen LogP contribution in [0, 0.1) is 0 Å². The fourth-order valence-corrected chi connectivity index (χ4v) is 4.41. The molecule has 28 heavy (non-hydrogen) atoms. The van der Waals surface area contributed by atoms with Gasteiger partial charge in [0.05, 0.1) is 23.7 Å². The predicted octanol–water partition coefficient (Wildman–Crippen LogP) is 4.05. The normalized spacial score (nSPS) is 12.2. The van der Waals surface area contributed by atoms with E-state index in [1.54, 1.807) is 35.6 Å². The molecule has 1 amide bonds. The molecule has 0 aliphatic carbocycles. The topological polar surface area (TPSA) is 84.5 Å². The van der Waals surface area contributed by atoms with Crippen molar-refractivity contribution in [1.82, 2.24) is 5.32 Å². The molecule has 6 nitrogen and oxygen atoms in total. The van der Waals surface area contributed by atoms with Crippen molar-refractivity contribution >= 4 is 33.0 Å². The van der Waals surface area contributed by atoms with Crippen LogP contribution in [0.3, 0.4) is 0 Å². The fourth-order valence-electron chi connectivity index (χ4n) is 2.61. The number of carbonyl (C=O) groups is 1. The Morgan fingerprint density at radius 2 is 1.75 bits per heavy atom. The van der Waals surface area contributed by atoms with Crippen LogP contribution in [-0.2, 0) is 10.0 Å². The standard InChI is InChI=1S/C20H20N2O4S2/c1-14(19-8-5-13-27-19)21-20(23)15-9-11-16(12-10-15)28(24,25)22-17-6-3-4-7-18(17)26-2/h3-14,22H,1-2H3,(H,21,23). The SMILES string of the molecule is COc1ccccc1NS(=O)(=O)c1ccc(C(=O)NC(C)c2cccs2)cc1. The third-order valence-corrected chi connectivity index (χ3v) is 6.53.